The highest BCUT2D eigenvalue weighted by atomic mass is 35.5. The van der Waals surface area contributed by atoms with E-state index < -0.39 is 10.0 Å². The number of carbonyl (C=O) groups excluding carboxylic acids is 1. The lowest BCUT2D eigenvalue weighted by molar-refractivity contribution is -0.121. The first-order valence-corrected chi connectivity index (χ1v) is 10.8. The molecular formula is C21H21ClN2O3S. The van der Waals surface area contributed by atoms with Crippen LogP contribution in [0.4, 0.5) is 0 Å². The van der Waals surface area contributed by atoms with Gasteiger partial charge in [-0.15, -0.1) is 0 Å². The maximum Gasteiger partial charge on any atom is 0.240 e. The number of hydrogen-bond donors (Lipinski definition) is 2. The van der Waals surface area contributed by atoms with Gasteiger partial charge in [0, 0.05) is 18.0 Å². The average Bonchev–Trinajstić information content (AvgIpc) is 2.67. The number of fused-ring (bicyclic) bond motifs is 1. The van der Waals surface area contributed by atoms with E-state index >= 15 is 0 Å². The molecule has 1 amide bonds. The Morgan fingerprint density at radius 2 is 1.68 bits per heavy atom. The van der Waals surface area contributed by atoms with E-state index in [4.69, 9.17) is 11.6 Å². The number of amides is 1. The van der Waals surface area contributed by atoms with E-state index in [1.54, 1.807) is 0 Å². The Bertz CT molecular complexity index is 1080. The van der Waals surface area contributed by atoms with Crippen LogP contribution in [0.3, 0.4) is 0 Å². The molecule has 3 aromatic rings. The normalized spacial score (nSPS) is 12.6. The fourth-order valence-corrected chi connectivity index (χ4v) is 4.17. The fraction of sp³-hybridized carbons (Fsp3) is 0.190. The van der Waals surface area contributed by atoms with Crippen molar-refractivity contribution in [2.24, 2.45) is 0 Å². The fourth-order valence-electron chi connectivity index (χ4n) is 3.02. The Labute approximate surface area is 169 Å². The number of carbonyl (C=O) groups is 1. The topological polar surface area (TPSA) is 75.3 Å². The van der Waals surface area contributed by atoms with Crippen LogP contribution < -0.4 is 10.0 Å². The highest BCUT2D eigenvalue weighted by Gasteiger charge is 2.16. The van der Waals surface area contributed by atoms with E-state index in [1.165, 1.54) is 24.3 Å². The summed E-state index contributed by atoms with van der Waals surface area (Å²) < 4.78 is 26.9. The number of sulfonamides is 1. The standard InChI is InChI=1S/C21H21ClN2O3S/c1-15(19-8-4-6-16-5-2-3-7-20(16)19)24-21(25)13-14-23-28(26,27)18-11-9-17(22)10-12-18/h2-12,15,23H,13-14H2,1H3,(H,24,25)/t15-/m1/s1. The zero-order chi connectivity index (χ0) is 20.1. The Kier molecular flexibility index (Phi) is 6.34. The maximum absolute atomic E-state index is 12.3. The number of benzene rings is 3. The van der Waals surface area contributed by atoms with Gasteiger partial charge in [-0.05, 0) is 47.5 Å². The molecule has 3 rings (SSSR count). The molecule has 0 saturated carbocycles. The Morgan fingerprint density at radius 3 is 2.43 bits per heavy atom. The van der Waals surface area contributed by atoms with Gasteiger partial charge in [0.15, 0.2) is 0 Å². The van der Waals surface area contributed by atoms with Gasteiger partial charge in [0.2, 0.25) is 15.9 Å². The zero-order valence-corrected chi connectivity index (χ0v) is 16.9. The minimum Gasteiger partial charge on any atom is -0.350 e. The molecule has 0 aliphatic carbocycles. The summed E-state index contributed by atoms with van der Waals surface area (Å²) in [6, 6.07) is 19.6. The molecule has 1 atom stereocenters. The third-order valence-electron chi connectivity index (χ3n) is 4.44. The van der Waals surface area contributed by atoms with Gasteiger partial charge in [-0.2, -0.15) is 0 Å². The molecule has 7 heteroatoms. The smallest absolute Gasteiger partial charge is 0.240 e. The van der Waals surface area contributed by atoms with Crippen molar-refractivity contribution in [1.82, 2.24) is 10.0 Å². The van der Waals surface area contributed by atoms with E-state index in [0.717, 1.165) is 16.3 Å². The van der Waals surface area contributed by atoms with Crippen molar-refractivity contribution in [2.75, 3.05) is 6.54 Å². The quantitative estimate of drug-likeness (QED) is 0.610. The third-order valence-corrected chi connectivity index (χ3v) is 6.16. The first kappa shape index (κ1) is 20.3. The minimum absolute atomic E-state index is 0.0129. The molecule has 0 aliphatic heterocycles. The van der Waals surface area contributed by atoms with Crippen molar-refractivity contribution < 1.29 is 13.2 Å². The molecule has 3 aromatic carbocycles. The summed E-state index contributed by atoms with van der Waals surface area (Å²) in [7, 11) is -3.67. The zero-order valence-electron chi connectivity index (χ0n) is 15.4. The van der Waals surface area contributed by atoms with Crippen LogP contribution >= 0.6 is 11.6 Å². The van der Waals surface area contributed by atoms with Crippen LogP contribution in [0.1, 0.15) is 24.9 Å². The van der Waals surface area contributed by atoms with Crippen LogP contribution in [0.25, 0.3) is 10.8 Å². The molecular weight excluding hydrogens is 396 g/mol. The summed E-state index contributed by atoms with van der Waals surface area (Å²) >= 11 is 5.77. The first-order valence-electron chi connectivity index (χ1n) is 8.89. The molecule has 0 fully saturated rings. The highest BCUT2D eigenvalue weighted by Crippen LogP contribution is 2.24. The van der Waals surface area contributed by atoms with Crippen LogP contribution in [0, 0.1) is 0 Å². The molecule has 2 N–H and O–H groups in total. The second kappa shape index (κ2) is 8.73. The first-order chi connectivity index (χ1) is 13.4. The Balaban J connectivity index is 1.57. The molecule has 0 unspecified atom stereocenters. The summed E-state index contributed by atoms with van der Waals surface area (Å²) in [6.07, 6.45) is 0.0436. The van der Waals surface area contributed by atoms with Gasteiger partial charge in [-0.3, -0.25) is 4.79 Å². The molecule has 0 radical (unpaired) electrons. The number of halogens is 1. The van der Waals surface area contributed by atoms with E-state index in [2.05, 4.69) is 10.0 Å². The second-order valence-electron chi connectivity index (χ2n) is 6.46. The van der Waals surface area contributed by atoms with Gasteiger partial charge in [-0.1, -0.05) is 54.1 Å². The Hall–Kier alpha value is -2.41. The van der Waals surface area contributed by atoms with Gasteiger partial charge in [0.25, 0.3) is 0 Å². The summed E-state index contributed by atoms with van der Waals surface area (Å²) in [6.45, 7) is 1.93. The molecule has 0 saturated heterocycles. The van der Waals surface area contributed by atoms with E-state index in [1.807, 2.05) is 49.4 Å². The summed E-state index contributed by atoms with van der Waals surface area (Å²) in [5.41, 5.74) is 1.02. The van der Waals surface area contributed by atoms with Crippen LogP contribution in [-0.2, 0) is 14.8 Å². The van der Waals surface area contributed by atoms with E-state index in [-0.39, 0.29) is 29.8 Å². The SMILES string of the molecule is C[C@@H](NC(=O)CCNS(=O)(=O)c1ccc(Cl)cc1)c1cccc2ccccc12. The highest BCUT2D eigenvalue weighted by molar-refractivity contribution is 7.89. The lowest BCUT2D eigenvalue weighted by Crippen LogP contribution is -2.32. The van der Waals surface area contributed by atoms with Gasteiger partial charge in [-0.25, -0.2) is 13.1 Å². The second-order valence-corrected chi connectivity index (χ2v) is 8.66. The van der Waals surface area contributed by atoms with Crippen LogP contribution in [0.5, 0.6) is 0 Å². The van der Waals surface area contributed by atoms with Crippen molar-refractivity contribution in [1.29, 1.82) is 0 Å². The molecule has 0 aromatic heterocycles. The predicted molar refractivity (Wildman–Crippen MR) is 112 cm³/mol. The van der Waals surface area contributed by atoms with Gasteiger partial charge < -0.3 is 5.32 Å². The lowest BCUT2D eigenvalue weighted by atomic mass is 9.99. The van der Waals surface area contributed by atoms with Crippen LogP contribution in [0.15, 0.2) is 71.6 Å². The average molecular weight is 417 g/mol. The summed E-state index contributed by atoms with van der Waals surface area (Å²) in [5.74, 6) is -0.223. The largest absolute Gasteiger partial charge is 0.350 e. The van der Waals surface area contributed by atoms with Crippen LogP contribution in [-0.4, -0.2) is 20.9 Å². The van der Waals surface area contributed by atoms with E-state index in [0.29, 0.717) is 5.02 Å². The van der Waals surface area contributed by atoms with E-state index in [9.17, 15) is 13.2 Å². The predicted octanol–water partition coefficient (Wildman–Crippen LogP) is 4.04. The Morgan fingerprint density at radius 1 is 1.00 bits per heavy atom. The van der Waals surface area contributed by atoms with Gasteiger partial charge in [0.1, 0.15) is 0 Å². The maximum atomic E-state index is 12.3. The lowest BCUT2D eigenvalue weighted by Gasteiger charge is -2.17. The van der Waals surface area contributed by atoms with Crippen molar-refractivity contribution >= 4 is 38.3 Å². The minimum atomic E-state index is -3.67. The van der Waals surface area contributed by atoms with Crippen LogP contribution in [0.2, 0.25) is 5.02 Å². The molecule has 146 valence electrons. The molecule has 0 aliphatic rings. The van der Waals surface area contributed by atoms with Crippen molar-refractivity contribution in [3.05, 3.63) is 77.3 Å². The summed E-state index contributed by atoms with van der Waals surface area (Å²) in [5, 5.41) is 5.58. The number of nitrogens with one attached hydrogen (secondary N) is 2. The third kappa shape index (κ3) is 4.90. The van der Waals surface area contributed by atoms with Gasteiger partial charge >= 0.3 is 0 Å². The molecule has 0 heterocycles. The molecule has 28 heavy (non-hydrogen) atoms. The van der Waals surface area contributed by atoms with Crippen molar-refractivity contribution in [3.63, 3.8) is 0 Å². The summed E-state index contributed by atoms with van der Waals surface area (Å²) in [4.78, 5) is 12.4. The monoisotopic (exact) mass is 416 g/mol. The molecule has 5 nitrogen and oxygen atoms in total. The number of hydrogen-bond acceptors (Lipinski definition) is 3. The van der Waals surface area contributed by atoms with Crippen molar-refractivity contribution in [2.45, 2.75) is 24.3 Å². The molecule has 0 spiro atoms. The van der Waals surface area contributed by atoms with Gasteiger partial charge in [0.05, 0.1) is 10.9 Å². The molecule has 0 bridgehead atoms. The number of rotatable bonds is 7. The van der Waals surface area contributed by atoms with Crippen molar-refractivity contribution in [3.8, 4) is 0 Å².